The molecule has 1 aromatic carbocycles. The van der Waals surface area contributed by atoms with Crippen LogP contribution in [0.5, 0.6) is 5.75 Å². The molecule has 0 saturated heterocycles. The summed E-state index contributed by atoms with van der Waals surface area (Å²) in [6, 6.07) is 6.12. The molecule has 0 saturated carbocycles. The van der Waals surface area contributed by atoms with Crippen molar-refractivity contribution in [3.8, 4) is 5.75 Å². The van der Waals surface area contributed by atoms with Crippen LogP contribution in [0.2, 0.25) is 0 Å². The summed E-state index contributed by atoms with van der Waals surface area (Å²) in [7, 11) is 1.66. The Labute approximate surface area is 90.8 Å². The first-order valence-corrected chi connectivity index (χ1v) is 5.04. The van der Waals surface area contributed by atoms with Crippen LogP contribution in [0.1, 0.15) is 25.3 Å². The van der Waals surface area contributed by atoms with Gasteiger partial charge in [-0.25, -0.2) is 5.43 Å². The number of methoxy groups -OCH3 is 1. The van der Waals surface area contributed by atoms with Crippen molar-refractivity contribution in [2.24, 2.45) is 5.84 Å². The van der Waals surface area contributed by atoms with Crippen LogP contribution < -0.4 is 21.3 Å². The summed E-state index contributed by atoms with van der Waals surface area (Å²) in [4.78, 5) is 0. The van der Waals surface area contributed by atoms with Gasteiger partial charge in [0.1, 0.15) is 5.75 Å². The topological polar surface area (TPSA) is 59.3 Å². The third-order valence-corrected chi connectivity index (χ3v) is 2.27. The zero-order chi connectivity index (χ0) is 11.3. The van der Waals surface area contributed by atoms with Crippen LogP contribution >= 0.6 is 0 Å². The van der Waals surface area contributed by atoms with Crippen LogP contribution in [0, 0.1) is 0 Å². The van der Waals surface area contributed by atoms with Gasteiger partial charge in [-0.2, -0.15) is 0 Å². The fourth-order valence-electron chi connectivity index (χ4n) is 1.37. The van der Waals surface area contributed by atoms with Gasteiger partial charge in [0.15, 0.2) is 0 Å². The number of hydrogen-bond donors (Lipinski definition) is 3. The van der Waals surface area contributed by atoms with E-state index in [1.807, 2.05) is 6.07 Å². The number of ether oxygens (including phenoxy) is 1. The number of hydrogen-bond acceptors (Lipinski definition) is 4. The summed E-state index contributed by atoms with van der Waals surface area (Å²) in [5.41, 5.74) is 4.78. The predicted octanol–water partition coefficient (Wildman–Crippen LogP) is 1.65. The van der Waals surface area contributed by atoms with Crippen molar-refractivity contribution in [1.82, 2.24) is 5.43 Å². The first-order chi connectivity index (χ1) is 7.19. The molecule has 1 aromatic rings. The monoisotopic (exact) mass is 209 g/mol. The molecule has 0 amide bonds. The molecule has 4 N–H and O–H groups in total. The van der Waals surface area contributed by atoms with E-state index in [2.05, 4.69) is 36.7 Å². The summed E-state index contributed by atoms with van der Waals surface area (Å²) in [5.74, 6) is 6.54. The Bertz CT molecular complexity index is 313. The second-order valence-electron chi connectivity index (χ2n) is 3.67. The molecule has 0 aromatic heterocycles. The van der Waals surface area contributed by atoms with Crippen LogP contribution in [0.3, 0.4) is 0 Å². The third kappa shape index (κ3) is 3.11. The lowest BCUT2D eigenvalue weighted by Gasteiger charge is -2.14. The van der Waals surface area contributed by atoms with Crippen molar-refractivity contribution in [3.05, 3.63) is 23.8 Å². The smallest absolute Gasteiger partial charge is 0.142 e. The van der Waals surface area contributed by atoms with Crippen molar-refractivity contribution in [3.63, 3.8) is 0 Å². The second kappa shape index (κ2) is 5.58. The third-order valence-electron chi connectivity index (χ3n) is 2.27. The Balaban J connectivity index is 2.91. The Morgan fingerprint density at radius 3 is 2.67 bits per heavy atom. The number of anilines is 1. The fourth-order valence-corrected chi connectivity index (χ4v) is 1.37. The summed E-state index contributed by atoms with van der Waals surface area (Å²) in [6.45, 7) is 4.83. The molecule has 0 spiro atoms. The quantitative estimate of drug-likeness (QED) is 0.392. The molecule has 84 valence electrons. The second-order valence-corrected chi connectivity index (χ2v) is 3.67. The maximum absolute atomic E-state index is 5.25. The van der Waals surface area contributed by atoms with Crippen molar-refractivity contribution >= 4 is 5.69 Å². The number of hydrazine groups is 1. The minimum Gasteiger partial charge on any atom is -0.495 e. The Hall–Kier alpha value is -1.26. The van der Waals surface area contributed by atoms with Gasteiger partial charge in [0, 0.05) is 0 Å². The molecule has 0 fully saturated rings. The summed E-state index contributed by atoms with van der Waals surface area (Å²) >= 11 is 0. The summed E-state index contributed by atoms with van der Waals surface area (Å²) < 4.78 is 5.25. The van der Waals surface area contributed by atoms with Gasteiger partial charge < -0.3 is 10.1 Å². The molecular weight excluding hydrogens is 190 g/mol. The van der Waals surface area contributed by atoms with Gasteiger partial charge in [-0.05, 0) is 23.6 Å². The largest absolute Gasteiger partial charge is 0.495 e. The molecule has 0 atom stereocenters. The standard InChI is InChI=1S/C11H19N3O/c1-8(2)9-4-5-11(15-3)10(6-9)13-7-14-12/h4-6,8,13-14H,7,12H2,1-3H3. The lowest BCUT2D eigenvalue weighted by Crippen LogP contribution is -2.28. The van der Waals surface area contributed by atoms with Gasteiger partial charge in [0.2, 0.25) is 0 Å². The van der Waals surface area contributed by atoms with Gasteiger partial charge in [-0.15, -0.1) is 0 Å². The van der Waals surface area contributed by atoms with E-state index >= 15 is 0 Å². The molecule has 0 heterocycles. The molecule has 0 aliphatic rings. The molecule has 4 heteroatoms. The molecule has 0 unspecified atom stereocenters. The zero-order valence-electron chi connectivity index (χ0n) is 9.50. The van der Waals surface area contributed by atoms with E-state index in [1.54, 1.807) is 7.11 Å². The highest BCUT2D eigenvalue weighted by molar-refractivity contribution is 5.58. The lowest BCUT2D eigenvalue weighted by molar-refractivity contribution is 0.416. The molecule has 0 bridgehead atoms. The highest BCUT2D eigenvalue weighted by Gasteiger charge is 2.05. The molecule has 0 aliphatic carbocycles. The fraction of sp³-hybridized carbons (Fsp3) is 0.455. The van der Waals surface area contributed by atoms with Crippen molar-refractivity contribution in [2.75, 3.05) is 19.1 Å². The molecule has 4 nitrogen and oxygen atoms in total. The summed E-state index contributed by atoms with van der Waals surface area (Å²) in [6.07, 6.45) is 0. The maximum atomic E-state index is 5.25. The van der Waals surface area contributed by atoms with E-state index in [0.29, 0.717) is 12.6 Å². The minimum absolute atomic E-state index is 0.502. The molecule has 0 radical (unpaired) electrons. The van der Waals surface area contributed by atoms with E-state index in [1.165, 1.54) is 5.56 Å². The van der Waals surface area contributed by atoms with Crippen molar-refractivity contribution in [1.29, 1.82) is 0 Å². The highest BCUT2D eigenvalue weighted by Crippen LogP contribution is 2.28. The Morgan fingerprint density at radius 1 is 1.40 bits per heavy atom. The van der Waals surface area contributed by atoms with Crippen molar-refractivity contribution < 1.29 is 4.74 Å². The first-order valence-electron chi connectivity index (χ1n) is 5.04. The zero-order valence-corrected chi connectivity index (χ0v) is 9.50. The van der Waals surface area contributed by atoms with E-state index in [-0.39, 0.29) is 0 Å². The van der Waals surface area contributed by atoms with Gasteiger partial charge in [0.05, 0.1) is 19.5 Å². The van der Waals surface area contributed by atoms with Crippen LogP contribution in [0.15, 0.2) is 18.2 Å². The average molecular weight is 209 g/mol. The first kappa shape index (κ1) is 11.8. The lowest BCUT2D eigenvalue weighted by atomic mass is 10.0. The summed E-state index contributed by atoms with van der Waals surface area (Å²) in [5, 5.41) is 3.15. The van der Waals surface area contributed by atoms with Gasteiger partial charge in [0.25, 0.3) is 0 Å². The van der Waals surface area contributed by atoms with Crippen molar-refractivity contribution in [2.45, 2.75) is 19.8 Å². The van der Waals surface area contributed by atoms with E-state index in [0.717, 1.165) is 11.4 Å². The van der Waals surface area contributed by atoms with Gasteiger partial charge >= 0.3 is 0 Å². The Morgan fingerprint density at radius 2 is 2.13 bits per heavy atom. The average Bonchev–Trinajstić information content (AvgIpc) is 2.25. The number of benzene rings is 1. The van der Waals surface area contributed by atoms with E-state index in [4.69, 9.17) is 10.6 Å². The van der Waals surface area contributed by atoms with Crippen LogP contribution in [-0.4, -0.2) is 13.8 Å². The number of nitrogens with one attached hydrogen (secondary N) is 2. The maximum Gasteiger partial charge on any atom is 0.142 e. The van der Waals surface area contributed by atoms with Crippen LogP contribution in [-0.2, 0) is 0 Å². The number of rotatable bonds is 5. The Kier molecular flexibility index (Phi) is 4.39. The van der Waals surface area contributed by atoms with Gasteiger partial charge in [-0.1, -0.05) is 19.9 Å². The predicted molar refractivity (Wildman–Crippen MR) is 62.9 cm³/mol. The minimum atomic E-state index is 0.502. The normalized spacial score (nSPS) is 10.5. The molecular formula is C11H19N3O. The SMILES string of the molecule is COc1ccc(C(C)C)cc1NCNN. The van der Waals surface area contributed by atoms with Crippen LogP contribution in [0.25, 0.3) is 0 Å². The van der Waals surface area contributed by atoms with E-state index < -0.39 is 0 Å². The molecule has 15 heavy (non-hydrogen) atoms. The van der Waals surface area contributed by atoms with E-state index in [9.17, 15) is 0 Å². The van der Waals surface area contributed by atoms with Crippen LogP contribution in [0.4, 0.5) is 5.69 Å². The number of nitrogens with two attached hydrogens (primary N) is 1. The molecule has 0 aliphatic heterocycles. The van der Waals surface area contributed by atoms with Gasteiger partial charge in [-0.3, -0.25) is 5.84 Å². The molecule has 1 rings (SSSR count). The highest BCUT2D eigenvalue weighted by atomic mass is 16.5.